The van der Waals surface area contributed by atoms with Crippen LogP contribution >= 0.6 is 23.2 Å². The molecule has 1 unspecified atom stereocenters. The van der Waals surface area contributed by atoms with Gasteiger partial charge in [0, 0.05) is 49.1 Å². The Bertz CT molecular complexity index is 1810. The molecule has 234 valence electrons. The molecule has 6 rings (SSSR count). The fourth-order valence-corrected chi connectivity index (χ4v) is 6.21. The highest BCUT2D eigenvalue weighted by molar-refractivity contribution is 6.36. The van der Waals surface area contributed by atoms with Crippen molar-refractivity contribution in [3.8, 4) is 34.3 Å². The number of aliphatic hydroxyl groups is 2. The van der Waals surface area contributed by atoms with Crippen LogP contribution in [0.25, 0.3) is 28.2 Å². The zero-order valence-corrected chi connectivity index (χ0v) is 26.3. The van der Waals surface area contributed by atoms with Gasteiger partial charge in [-0.05, 0) is 59.4 Å². The lowest BCUT2D eigenvalue weighted by molar-refractivity contribution is 0.196. The number of fused-ring (bicyclic) bond motifs is 2. The number of ether oxygens (including phenoxy) is 2. The van der Waals surface area contributed by atoms with Crippen LogP contribution in [0.15, 0.2) is 60.8 Å². The molecule has 4 N–H and O–H groups in total. The summed E-state index contributed by atoms with van der Waals surface area (Å²) in [5.74, 6) is 1.28. The third-order valence-electron chi connectivity index (χ3n) is 7.80. The molecule has 3 heterocycles. The first kappa shape index (κ1) is 31.2. The topological polar surface area (TPSA) is 126 Å². The van der Waals surface area contributed by atoms with E-state index < -0.39 is 0 Å². The van der Waals surface area contributed by atoms with Crippen LogP contribution in [0.4, 0.5) is 0 Å². The van der Waals surface area contributed by atoms with Crippen molar-refractivity contribution in [3.05, 3.63) is 93.1 Å². The molecule has 1 atom stereocenters. The molecule has 12 heteroatoms. The largest absolute Gasteiger partial charge is 0.481 e. The highest BCUT2D eigenvalue weighted by Crippen LogP contribution is 2.44. The second-order valence-electron chi connectivity index (χ2n) is 10.7. The monoisotopic (exact) mass is 648 g/mol. The lowest BCUT2D eigenvalue weighted by Crippen LogP contribution is -2.18. The SMILES string of the molecule is COc1nc(OC2CCc3c(-c4cccc(-c5nc6cc(CNCCO)ccn6n5)c4Cl)cccc32)c(Cl)cc1CNCCO. The average Bonchev–Trinajstić information content (AvgIpc) is 3.66. The minimum Gasteiger partial charge on any atom is -0.481 e. The van der Waals surface area contributed by atoms with Crippen LogP contribution in [0.3, 0.4) is 0 Å². The summed E-state index contributed by atoms with van der Waals surface area (Å²) >= 11 is 13.7. The van der Waals surface area contributed by atoms with Gasteiger partial charge in [0.1, 0.15) is 11.1 Å². The van der Waals surface area contributed by atoms with E-state index in [1.807, 2.05) is 42.6 Å². The summed E-state index contributed by atoms with van der Waals surface area (Å²) in [7, 11) is 1.56. The molecule has 0 amide bonds. The molecular weight excluding hydrogens is 615 g/mol. The zero-order chi connectivity index (χ0) is 31.3. The Kier molecular flexibility index (Phi) is 9.79. The fourth-order valence-electron chi connectivity index (χ4n) is 5.68. The summed E-state index contributed by atoms with van der Waals surface area (Å²) in [6, 6.07) is 17.8. The van der Waals surface area contributed by atoms with Crippen LogP contribution in [0, 0.1) is 0 Å². The smallest absolute Gasteiger partial charge is 0.236 e. The van der Waals surface area contributed by atoms with Gasteiger partial charge in [0.2, 0.25) is 11.8 Å². The Morgan fingerprint density at radius 1 is 0.911 bits per heavy atom. The van der Waals surface area contributed by atoms with Gasteiger partial charge in [-0.15, -0.1) is 5.10 Å². The molecule has 45 heavy (non-hydrogen) atoms. The molecule has 1 aliphatic rings. The molecule has 3 aromatic heterocycles. The molecule has 5 aromatic rings. The van der Waals surface area contributed by atoms with Crippen molar-refractivity contribution in [2.24, 2.45) is 0 Å². The predicted octanol–water partition coefficient (Wildman–Crippen LogP) is 5.00. The van der Waals surface area contributed by atoms with Gasteiger partial charge in [0.25, 0.3) is 0 Å². The van der Waals surface area contributed by atoms with Crippen LogP contribution < -0.4 is 20.1 Å². The number of nitrogens with one attached hydrogen (secondary N) is 2. The molecule has 0 spiro atoms. The van der Waals surface area contributed by atoms with Gasteiger partial charge in [-0.1, -0.05) is 53.5 Å². The third kappa shape index (κ3) is 6.62. The van der Waals surface area contributed by atoms with E-state index in [1.54, 1.807) is 17.7 Å². The summed E-state index contributed by atoms with van der Waals surface area (Å²) in [6.07, 6.45) is 3.19. The number of methoxy groups -OCH3 is 1. The minimum absolute atomic E-state index is 0.0345. The predicted molar refractivity (Wildman–Crippen MR) is 174 cm³/mol. The Hall–Kier alpha value is -3.77. The van der Waals surface area contributed by atoms with Crippen LogP contribution in [0.2, 0.25) is 10.0 Å². The molecule has 0 bridgehead atoms. The Balaban J connectivity index is 1.27. The summed E-state index contributed by atoms with van der Waals surface area (Å²) in [4.78, 5) is 9.33. The van der Waals surface area contributed by atoms with E-state index in [4.69, 9.17) is 53.0 Å². The number of hydrogen-bond acceptors (Lipinski definition) is 9. The van der Waals surface area contributed by atoms with E-state index in [1.165, 1.54) is 0 Å². The first-order valence-electron chi connectivity index (χ1n) is 14.8. The highest BCUT2D eigenvalue weighted by atomic mass is 35.5. The van der Waals surface area contributed by atoms with Gasteiger partial charge in [-0.25, -0.2) is 9.50 Å². The summed E-state index contributed by atoms with van der Waals surface area (Å²) < 4.78 is 13.6. The average molecular weight is 650 g/mol. The van der Waals surface area contributed by atoms with Crippen molar-refractivity contribution < 1.29 is 19.7 Å². The van der Waals surface area contributed by atoms with Crippen LogP contribution in [-0.4, -0.2) is 63.2 Å². The number of pyridine rings is 2. The van der Waals surface area contributed by atoms with Crippen molar-refractivity contribution in [1.82, 2.24) is 30.2 Å². The van der Waals surface area contributed by atoms with Gasteiger partial charge in [0.05, 0.1) is 25.3 Å². The number of aromatic nitrogens is 4. The molecule has 0 saturated heterocycles. The summed E-state index contributed by atoms with van der Waals surface area (Å²) in [5, 5.41) is 30.1. The maximum atomic E-state index is 9.07. The first-order valence-corrected chi connectivity index (χ1v) is 15.6. The normalized spacial score (nSPS) is 14.2. The molecule has 0 saturated carbocycles. The van der Waals surface area contributed by atoms with E-state index in [2.05, 4.69) is 27.8 Å². The van der Waals surface area contributed by atoms with Gasteiger partial charge < -0.3 is 30.3 Å². The van der Waals surface area contributed by atoms with E-state index >= 15 is 0 Å². The molecule has 2 aromatic carbocycles. The number of aliphatic hydroxyl groups excluding tert-OH is 2. The standard InChI is InChI=1S/C33H34Cl2N6O4/c1-44-32-21(19-37-12-15-43)17-27(34)33(39-32)45-28-9-8-23-22(4-2-5-24(23)28)25-6-3-7-26(30(25)35)31-38-29-16-20(18-36-11-14-42)10-13-41(29)40-31/h2-7,10,13,16-17,28,36-37,42-43H,8-9,11-12,14-15,18-19H2,1H3. The van der Waals surface area contributed by atoms with Gasteiger partial charge in [0.15, 0.2) is 11.5 Å². The minimum atomic E-state index is -0.240. The zero-order valence-electron chi connectivity index (χ0n) is 24.8. The maximum absolute atomic E-state index is 9.07. The second-order valence-corrected chi connectivity index (χ2v) is 11.5. The Morgan fingerprint density at radius 2 is 1.67 bits per heavy atom. The third-order valence-corrected chi connectivity index (χ3v) is 8.48. The Morgan fingerprint density at radius 3 is 2.47 bits per heavy atom. The number of nitrogens with zero attached hydrogens (tertiary/aromatic N) is 4. The van der Waals surface area contributed by atoms with E-state index in [9.17, 15) is 0 Å². The number of benzene rings is 2. The van der Waals surface area contributed by atoms with E-state index in [0.29, 0.717) is 59.5 Å². The van der Waals surface area contributed by atoms with Crippen molar-refractivity contribution >= 4 is 28.8 Å². The lowest BCUT2D eigenvalue weighted by Gasteiger charge is -2.18. The first-order chi connectivity index (χ1) is 22.0. The Labute approximate surface area is 271 Å². The molecule has 10 nitrogen and oxygen atoms in total. The van der Waals surface area contributed by atoms with Gasteiger partial charge in [-0.2, -0.15) is 4.98 Å². The number of hydrogen-bond donors (Lipinski definition) is 4. The van der Waals surface area contributed by atoms with Crippen molar-refractivity contribution in [1.29, 1.82) is 0 Å². The summed E-state index contributed by atoms with van der Waals surface area (Å²) in [5.41, 5.74) is 7.46. The fraction of sp³-hybridized carbons (Fsp3) is 0.303. The molecule has 0 radical (unpaired) electrons. The van der Waals surface area contributed by atoms with Gasteiger partial charge in [-0.3, -0.25) is 0 Å². The number of halogens is 2. The second kappa shape index (κ2) is 14.1. The molecule has 1 aliphatic carbocycles. The van der Waals surface area contributed by atoms with E-state index in [-0.39, 0.29) is 19.3 Å². The molecule has 0 aliphatic heterocycles. The summed E-state index contributed by atoms with van der Waals surface area (Å²) in [6.45, 7) is 2.19. The molecular formula is C33H34Cl2N6O4. The van der Waals surface area contributed by atoms with E-state index in [0.717, 1.165) is 51.8 Å². The number of rotatable bonds is 13. The van der Waals surface area contributed by atoms with Crippen LogP contribution in [-0.2, 0) is 19.5 Å². The maximum Gasteiger partial charge on any atom is 0.236 e. The van der Waals surface area contributed by atoms with Crippen molar-refractivity contribution in [3.63, 3.8) is 0 Å². The van der Waals surface area contributed by atoms with Crippen molar-refractivity contribution in [2.75, 3.05) is 33.4 Å². The van der Waals surface area contributed by atoms with Crippen LogP contribution in [0.5, 0.6) is 11.8 Å². The molecule has 0 fully saturated rings. The van der Waals surface area contributed by atoms with Crippen molar-refractivity contribution in [2.45, 2.75) is 32.0 Å². The van der Waals surface area contributed by atoms with Crippen LogP contribution in [0.1, 0.15) is 34.8 Å². The lowest BCUT2D eigenvalue weighted by atomic mass is 9.95. The highest BCUT2D eigenvalue weighted by Gasteiger charge is 2.29. The quantitative estimate of drug-likeness (QED) is 0.130. The van der Waals surface area contributed by atoms with Gasteiger partial charge >= 0.3 is 0 Å².